The Morgan fingerprint density at radius 2 is 1.78 bits per heavy atom. The van der Waals surface area contributed by atoms with Crippen molar-refractivity contribution < 1.29 is 9.53 Å². The fraction of sp³-hybridized carbons (Fsp3) is 0.562. The number of carbonyl (C=O) groups excluding carboxylic acids is 1. The van der Waals surface area contributed by atoms with Crippen LogP contribution >= 0.6 is 0 Å². The van der Waals surface area contributed by atoms with Crippen molar-refractivity contribution in [3.63, 3.8) is 0 Å². The number of carbonyl (C=O) groups is 1. The Labute approximate surface area is 110 Å². The average Bonchev–Trinajstić information content (AvgIpc) is 2.44. The largest absolute Gasteiger partial charge is 0.360 e. The SMILES string of the molecule is CCC(C)OC(C=O)(c1ccccc1)C(C)CC. The Bertz CT molecular complexity index is 361. The third kappa shape index (κ3) is 2.99. The van der Waals surface area contributed by atoms with Crippen LogP contribution in [0.4, 0.5) is 0 Å². The van der Waals surface area contributed by atoms with Gasteiger partial charge in [0.25, 0.3) is 0 Å². The molecule has 0 heterocycles. The monoisotopic (exact) mass is 248 g/mol. The summed E-state index contributed by atoms with van der Waals surface area (Å²) in [4.78, 5) is 11.8. The van der Waals surface area contributed by atoms with Crippen molar-refractivity contribution in [3.8, 4) is 0 Å². The summed E-state index contributed by atoms with van der Waals surface area (Å²) in [7, 11) is 0. The molecule has 0 aromatic heterocycles. The molecule has 2 heteroatoms. The number of aldehydes is 1. The van der Waals surface area contributed by atoms with Crippen LogP contribution in [0.3, 0.4) is 0 Å². The van der Waals surface area contributed by atoms with Crippen LogP contribution in [0, 0.1) is 5.92 Å². The summed E-state index contributed by atoms with van der Waals surface area (Å²) >= 11 is 0. The number of rotatable bonds is 7. The molecule has 100 valence electrons. The van der Waals surface area contributed by atoms with E-state index in [-0.39, 0.29) is 12.0 Å². The molecule has 0 fully saturated rings. The van der Waals surface area contributed by atoms with Crippen LogP contribution < -0.4 is 0 Å². The quantitative estimate of drug-likeness (QED) is 0.683. The van der Waals surface area contributed by atoms with Crippen LogP contribution in [0.2, 0.25) is 0 Å². The van der Waals surface area contributed by atoms with Gasteiger partial charge in [0.05, 0.1) is 6.10 Å². The maximum absolute atomic E-state index is 11.8. The molecule has 1 rings (SSSR count). The molecule has 0 radical (unpaired) electrons. The lowest BCUT2D eigenvalue weighted by molar-refractivity contribution is -0.152. The maximum atomic E-state index is 11.8. The minimum Gasteiger partial charge on any atom is -0.360 e. The first-order valence-corrected chi connectivity index (χ1v) is 6.80. The van der Waals surface area contributed by atoms with Crippen molar-refractivity contribution in [1.29, 1.82) is 0 Å². The highest BCUT2D eigenvalue weighted by Crippen LogP contribution is 2.35. The molecule has 18 heavy (non-hydrogen) atoms. The molecule has 0 aliphatic carbocycles. The number of benzene rings is 1. The van der Waals surface area contributed by atoms with Gasteiger partial charge in [0.15, 0.2) is 11.9 Å². The van der Waals surface area contributed by atoms with Crippen LogP contribution in [0.15, 0.2) is 30.3 Å². The second-order valence-corrected chi connectivity index (χ2v) is 4.92. The first-order valence-electron chi connectivity index (χ1n) is 6.80. The smallest absolute Gasteiger partial charge is 0.156 e. The molecule has 0 aliphatic rings. The Hall–Kier alpha value is -1.15. The summed E-state index contributed by atoms with van der Waals surface area (Å²) in [5.41, 5.74) is 0.139. The predicted octanol–water partition coefficient (Wildman–Crippen LogP) is 3.94. The molecular formula is C16H24O2. The molecule has 3 atom stereocenters. The summed E-state index contributed by atoms with van der Waals surface area (Å²) in [5, 5.41) is 0. The van der Waals surface area contributed by atoms with Gasteiger partial charge in [0.1, 0.15) is 0 Å². The molecule has 0 amide bonds. The van der Waals surface area contributed by atoms with Gasteiger partial charge in [0.2, 0.25) is 0 Å². The third-order valence-corrected chi connectivity index (χ3v) is 3.72. The van der Waals surface area contributed by atoms with Gasteiger partial charge < -0.3 is 4.74 Å². The van der Waals surface area contributed by atoms with Crippen molar-refractivity contribution in [2.24, 2.45) is 5.92 Å². The zero-order valence-electron chi connectivity index (χ0n) is 11.8. The number of ether oxygens (including phenoxy) is 1. The molecule has 0 spiro atoms. The first kappa shape index (κ1) is 14.9. The van der Waals surface area contributed by atoms with Crippen LogP contribution in [-0.2, 0) is 15.1 Å². The van der Waals surface area contributed by atoms with Crippen molar-refractivity contribution in [2.45, 2.75) is 52.2 Å². The highest BCUT2D eigenvalue weighted by molar-refractivity contribution is 5.66. The topological polar surface area (TPSA) is 26.3 Å². The van der Waals surface area contributed by atoms with Crippen LogP contribution in [0.25, 0.3) is 0 Å². The predicted molar refractivity (Wildman–Crippen MR) is 74.5 cm³/mol. The van der Waals surface area contributed by atoms with Gasteiger partial charge in [-0.3, -0.25) is 4.79 Å². The van der Waals surface area contributed by atoms with E-state index < -0.39 is 5.60 Å². The number of hydrogen-bond acceptors (Lipinski definition) is 2. The molecule has 2 nitrogen and oxygen atoms in total. The zero-order chi connectivity index (χ0) is 13.6. The lowest BCUT2D eigenvalue weighted by atomic mass is 9.81. The van der Waals surface area contributed by atoms with Crippen LogP contribution in [0.1, 0.15) is 46.1 Å². The Morgan fingerprint density at radius 1 is 1.17 bits per heavy atom. The summed E-state index contributed by atoms with van der Waals surface area (Å²) < 4.78 is 6.11. The van der Waals surface area contributed by atoms with Gasteiger partial charge in [-0.25, -0.2) is 0 Å². The van der Waals surface area contributed by atoms with Crippen LogP contribution in [-0.4, -0.2) is 12.4 Å². The van der Waals surface area contributed by atoms with Gasteiger partial charge in [-0.05, 0) is 24.8 Å². The minimum absolute atomic E-state index is 0.0735. The fourth-order valence-corrected chi connectivity index (χ4v) is 2.10. The number of hydrogen-bond donors (Lipinski definition) is 0. The van der Waals surface area contributed by atoms with E-state index in [0.717, 1.165) is 24.7 Å². The molecule has 1 aromatic carbocycles. The molecule has 0 aliphatic heterocycles. The van der Waals surface area contributed by atoms with Gasteiger partial charge in [-0.1, -0.05) is 57.5 Å². The van der Waals surface area contributed by atoms with E-state index in [2.05, 4.69) is 20.8 Å². The summed E-state index contributed by atoms with van der Waals surface area (Å²) in [6.07, 6.45) is 2.86. The van der Waals surface area contributed by atoms with Gasteiger partial charge in [-0.15, -0.1) is 0 Å². The fourth-order valence-electron chi connectivity index (χ4n) is 2.10. The molecule has 1 aromatic rings. The highest BCUT2D eigenvalue weighted by Gasteiger charge is 2.39. The van der Waals surface area contributed by atoms with E-state index in [9.17, 15) is 4.79 Å². The average molecular weight is 248 g/mol. The first-order chi connectivity index (χ1) is 8.60. The van der Waals surface area contributed by atoms with E-state index in [4.69, 9.17) is 4.74 Å². The molecule has 0 saturated carbocycles. The van der Waals surface area contributed by atoms with Gasteiger partial charge in [0, 0.05) is 0 Å². The zero-order valence-corrected chi connectivity index (χ0v) is 11.8. The molecule has 0 bridgehead atoms. The molecular weight excluding hydrogens is 224 g/mol. The Kier molecular flexibility index (Phi) is 5.54. The molecule has 0 N–H and O–H groups in total. The lowest BCUT2D eigenvalue weighted by Crippen LogP contribution is -2.41. The summed E-state index contributed by atoms with van der Waals surface area (Å²) in [5.74, 6) is 0.159. The normalized spacial score (nSPS) is 17.8. The van der Waals surface area contributed by atoms with Gasteiger partial charge >= 0.3 is 0 Å². The second-order valence-electron chi connectivity index (χ2n) is 4.92. The second kappa shape index (κ2) is 6.69. The minimum atomic E-state index is -0.814. The Balaban J connectivity index is 3.18. The van der Waals surface area contributed by atoms with Gasteiger partial charge in [-0.2, -0.15) is 0 Å². The van der Waals surface area contributed by atoms with E-state index in [0.29, 0.717) is 0 Å². The molecule has 0 saturated heterocycles. The van der Waals surface area contributed by atoms with E-state index >= 15 is 0 Å². The van der Waals surface area contributed by atoms with E-state index in [1.165, 1.54) is 0 Å². The molecule has 3 unspecified atom stereocenters. The highest BCUT2D eigenvalue weighted by atomic mass is 16.5. The van der Waals surface area contributed by atoms with Crippen molar-refractivity contribution >= 4 is 6.29 Å². The van der Waals surface area contributed by atoms with E-state index in [1.54, 1.807) is 0 Å². The summed E-state index contributed by atoms with van der Waals surface area (Å²) in [6.45, 7) is 8.25. The van der Waals surface area contributed by atoms with Crippen LogP contribution in [0.5, 0.6) is 0 Å². The lowest BCUT2D eigenvalue weighted by Gasteiger charge is -2.36. The maximum Gasteiger partial charge on any atom is 0.156 e. The Morgan fingerprint density at radius 3 is 2.22 bits per heavy atom. The van der Waals surface area contributed by atoms with Crippen molar-refractivity contribution in [2.75, 3.05) is 0 Å². The standard InChI is InChI=1S/C16H24O2/c1-5-13(3)16(12-17,18-14(4)6-2)15-10-8-7-9-11-15/h7-14H,5-6H2,1-4H3. The summed E-state index contributed by atoms with van der Waals surface area (Å²) in [6, 6.07) is 9.82. The van der Waals surface area contributed by atoms with Crippen molar-refractivity contribution in [1.82, 2.24) is 0 Å². The third-order valence-electron chi connectivity index (χ3n) is 3.72. The van der Waals surface area contributed by atoms with E-state index in [1.807, 2.05) is 37.3 Å². The van der Waals surface area contributed by atoms with Crippen molar-refractivity contribution in [3.05, 3.63) is 35.9 Å².